The average molecular weight is 337 g/mol. The van der Waals surface area contributed by atoms with Crippen molar-refractivity contribution in [2.45, 2.75) is 13.3 Å². The van der Waals surface area contributed by atoms with Gasteiger partial charge in [-0.1, -0.05) is 28.1 Å². The van der Waals surface area contributed by atoms with E-state index in [-0.39, 0.29) is 18.1 Å². The molecule has 0 saturated carbocycles. The SMILES string of the molecule is Cc1cc(Br)cc(N)c1NC(=O)Cc1cccc(F)c1. The highest BCUT2D eigenvalue weighted by atomic mass is 79.9. The monoisotopic (exact) mass is 336 g/mol. The standard InChI is InChI=1S/C15H14BrFN2O/c1-9-5-11(16)8-13(18)15(9)19-14(20)7-10-3-2-4-12(17)6-10/h2-6,8H,7,18H2,1H3,(H,19,20). The number of nitrogen functional groups attached to an aromatic ring is 1. The molecule has 0 fully saturated rings. The van der Waals surface area contributed by atoms with Crippen molar-refractivity contribution in [3.05, 3.63) is 57.8 Å². The van der Waals surface area contributed by atoms with Gasteiger partial charge < -0.3 is 11.1 Å². The first-order valence-electron chi connectivity index (χ1n) is 6.05. The Morgan fingerprint density at radius 2 is 2.10 bits per heavy atom. The fourth-order valence-corrected chi connectivity index (χ4v) is 2.55. The molecule has 0 radical (unpaired) electrons. The van der Waals surface area contributed by atoms with Crippen LogP contribution >= 0.6 is 15.9 Å². The number of halogens is 2. The predicted octanol–water partition coefficient (Wildman–Crippen LogP) is 3.66. The van der Waals surface area contributed by atoms with Crippen LogP contribution in [0.1, 0.15) is 11.1 Å². The second-order valence-corrected chi connectivity index (χ2v) is 5.46. The largest absolute Gasteiger partial charge is 0.397 e. The normalized spacial score (nSPS) is 10.3. The van der Waals surface area contributed by atoms with Crippen molar-refractivity contribution in [1.29, 1.82) is 0 Å². The highest BCUT2D eigenvalue weighted by molar-refractivity contribution is 9.10. The summed E-state index contributed by atoms with van der Waals surface area (Å²) in [6.45, 7) is 1.86. The Kier molecular flexibility index (Phi) is 4.39. The number of carbonyl (C=O) groups is 1. The number of nitrogens with two attached hydrogens (primary N) is 1. The molecule has 0 heterocycles. The minimum Gasteiger partial charge on any atom is -0.397 e. The number of nitrogens with one attached hydrogen (secondary N) is 1. The topological polar surface area (TPSA) is 55.1 Å². The molecule has 0 atom stereocenters. The molecule has 0 bridgehead atoms. The Morgan fingerprint density at radius 3 is 2.75 bits per heavy atom. The van der Waals surface area contributed by atoms with Gasteiger partial charge in [0.1, 0.15) is 5.82 Å². The molecule has 0 saturated heterocycles. The molecular formula is C15H14BrFN2O. The molecule has 2 aromatic carbocycles. The second kappa shape index (κ2) is 6.05. The number of amides is 1. The average Bonchev–Trinajstić information content (AvgIpc) is 2.33. The quantitative estimate of drug-likeness (QED) is 0.840. The zero-order valence-electron chi connectivity index (χ0n) is 10.9. The summed E-state index contributed by atoms with van der Waals surface area (Å²) in [5.41, 5.74) is 8.45. The van der Waals surface area contributed by atoms with Gasteiger partial charge >= 0.3 is 0 Å². The third kappa shape index (κ3) is 3.57. The van der Waals surface area contributed by atoms with Crippen molar-refractivity contribution in [2.24, 2.45) is 0 Å². The van der Waals surface area contributed by atoms with Crippen LogP contribution in [0.25, 0.3) is 0 Å². The van der Waals surface area contributed by atoms with Gasteiger partial charge in [0.25, 0.3) is 0 Å². The van der Waals surface area contributed by atoms with Gasteiger partial charge in [-0.2, -0.15) is 0 Å². The molecule has 0 aliphatic rings. The fourth-order valence-electron chi connectivity index (χ4n) is 1.96. The van der Waals surface area contributed by atoms with Crippen LogP contribution in [0.4, 0.5) is 15.8 Å². The number of hydrogen-bond acceptors (Lipinski definition) is 2. The molecule has 2 rings (SSSR count). The van der Waals surface area contributed by atoms with Crippen molar-refractivity contribution >= 4 is 33.2 Å². The van der Waals surface area contributed by atoms with Crippen molar-refractivity contribution in [3.63, 3.8) is 0 Å². The van der Waals surface area contributed by atoms with Crippen LogP contribution < -0.4 is 11.1 Å². The fraction of sp³-hybridized carbons (Fsp3) is 0.133. The van der Waals surface area contributed by atoms with Gasteiger partial charge in [-0.3, -0.25) is 4.79 Å². The molecule has 5 heteroatoms. The summed E-state index contributed by atoms with van der Waals surface area (Å²) in [7, 11) is 0. The molecule has 104 valence electrons. The van der Waals surface area contributed by atoms with Crippen LogP contribution in [0.5, 0.6) is 0 Å². The van der Waals surface area contributed by atoms with E-state index in [1.807, 2.05) is 13.0 Å². The van der Waals surface area contributed by atoms with Crippen molar-refractivity contribution in [2.75, 3.05) is 11.1 Å². The van der Waals surface area contributed by atoms with Gasteiger partial charge in [0.15, 0.2) is 0 Å². The number of hydrogen-bond donors (Lipinski definition) is 2. The molecule has 1 amide bonds. The van der Waals surface area contributed by atoms with Crippen LogP contribution in [0.2, 0.25) is 0 Å². The molecule has 0 spiro atoms. The summed E-state index contributed by atoms with van der Waals surface area (Å²) in [5.74, 6) is -0.581. The maximum Gasteiger partial charge on any atom is 0.228 e. The van der Waals surface area contributed by atoms with Crippen molar-refractivity contribution < 1.29 is 9.18 Å². The molecule has 2 aromatic rings. The van der Waals surface area contributed by atoms with Gasteiger partial charge in [-0.15, -0.1) is 0 Å². The number of benzene rings is 2. The maximum absolute atomic E-state index is 13.1. The number of anilines is 2. The molecule has 0 aliphatic heterocycles. The lowest BCUT2D eigenvalue weighted by atomic mass is 10.1. The van der Waals surface area contributed by atoms with Crippen LogP contribution in [-0.2, 0) is 11.2 Å². The molecule has 20 heavy (non-hydrogen) atoms. The third-order valence-corrected chi connectivity index (χ3v) is 3.31. The highest BCUT2D eigenvalue weighted by Crippen LogP contribution is 2.27. The van der Waals surface area contributed by atoms with E-state index in [0.29, 0.717) is 16.9 Å². The Hall–Kier alpha value is -1.88. The number of carbonyl (C=O) groups excluding carboxylic acids is 1. The first-order chi connectivity index (χ1) is 9.45. The van der Waals surface area contributed by atoms with Crippen LogP contribution in [-0.4, -0.2) is 5.91 Å². The third-order valence-electron chi connectivity index (χ3n) is 2.85. The van der Waals surface area contributed by atoms with Crippen molar-refractivity contribution in [3.8, 4) is 0 Å². The van der Waals surface area contributed by atoms with Crippen LogP contribution in [0, 0.1) is 12.7 Å². The lowest BCUT2D eigenvalue weighted by Crippen LogP contribution is -2.16. The summed E-state index contributed by atoms with van der Waals surface area (Å²) >= 11 is 3.34. The molecule has 3 nitrogen and oxygen atoms in total. The van der Waals surface area contributed by atoms with Crippen LogP contribution in [0.15, 0.2) is 40.9 Å². The molecular weight excluding hydrogens is 323 g/mol. The van der Waals surface area contributed by atoms with E-state index in [1.54, 1.807) is 18.2 Å². The van der Waals surface area contributed by atoms with Gasteiger partial charge in [0.05, 0.1) is 17.8 Å². The second-order valence-electron chi connectivity index (χ2n) is 4.54. The van der Waals surface area contributed by atoms with E-state index in [2.05, 4.69) is 21.2 Å². The van der Waals surface area contributed by atoms with E-state index in [0.717, 1.165) is 10.0 Å². The van der Waals surface area contributed by atoms with Gasteiger partial charge in [-0.25, -0.2) is 4.39 Å². The van der Waals surface area contributed by atoms with Gasteiger partial charge in [0.2, 0.25) is 5.91 Å². The Balaban J connectivity index is 2.13. The maximum atomic E-state index is 13.1. The van der Waals surface area contributed by atoms with E-state index >= 15 is 0 Å². The van der Waals surface area contributed by atoms with E-state index in [4.69, 9.17) is 5.73 Å². The Bertz CT molecular complexity index is 635. The summed E-state index contributed by atoms with van der Waals surface area (Å²) in [6, 6.07) is 9.58. The van der Waals surface area contributed by atoms with Crippen LogP contribution in [0.3, 0.4) is 0 Å². The highest BCUT2D eigenvalue weighted by Gasteiger charge is 2.10. The summed E-state index contributed by atoms with van der Waals surface area (Å²) < 4.78 is 13.9. The van der Waals surface area contributed by atoms with E-state index in [1.165, 1.54) is 12.1 Å². The summed E-state index contributed by atoms with van der Waals surface area (Å²) in [6.07, 6.45) is 0.104. The predicted molar refractivity (Wildman–Crippen MR) is 82.0 cm³/mol. The van der Waals surface area contributed by atoms with Crippen molar-refractivity contribution in [1.82, 2.24) is 0 Å². The zero-order chi connectivity index (χ0) is 14.7. The molecule has 0 aliphatic carbocycles. The summed E-state index contributed by atoms with van der Waals surface area (Å²) in [4.78, 5) is 12.0. The number of rotatable bonds is 3. The Morgan fingerprint density at radius 1 is 1.35 bits per heavy atom. The van der Waals surface area contributed by atoms with E-state index in [9.17, 15) is 9.18 Å². The smallest absolute Gasteiger partial charge is 0.228 e. The van der Waals surface area contributed by atoms with Gasteiger partial charge in [0, 0.05) is 4.47 Å². The minimum atomic E-state index is -0.352. The first kappa shape index (κ1) is 14.5. The summed E-state index contributed by atoms with van der Waals surface area (Å²) in [5, 5.41) is 2.77. The first-order valence-corrected chi connectivity index (χ1v) is 6.85. The minimum absolute atomic E-state index is 0.104. The van der Waals surface area contributed by atoms with Gasteiger partial charge in [-0.05, 0) is 42.3 Å². The molecule has 3 N–H and O–H groups in total. The zero-order valence-corrected chi connectivity index (χ0v) is 12.5. The lowest BCUT2D eigenvalue weighted by Gasteiger charge is -2.12. The molecule has 0 unspecified atom stereocenters. The number of aryl methyl sites for hydroxylation is 1. The van der Waals surface area contributed by atoms with E-state index < -0.39 is 0 Å². The Labute approximate surface area is 125 Å². The lowest BCUT2D eigenvalue weighted by molar-refractivity contribution is -0.115. The molecule has 0 aromatic heterocycles.